The monoisotopic (exact) mass is 192 g/mol. The van der Waals surface area contributed by atoms with E-state index in [1.807, 2.05) is 6.92 Å². The molecule has 0 radical (unpaired) electrons. The third kappa shape index (κ3) is 2.36. The second-order valence-electron chi connectivity index (χ2n) is 3.19. The second kappa shape index (κ2) is 4.47. The van der Waals surface area contributed by atoms with E-state index in [2.05, 4.69) is 6.07 Å². The minimum Gasteiger partial charge on any atom is -0.481 e. The standard InChI is InChI=1S/C10H12N2O2/c1-8(4-5-10(13)14)12-6-2-3-9(12)7-11/h2-3,6,8H,4-5H2,1H3,(H,13,14). The Hall–Kier alpha value is -1.76. The van der Waals surface area contributed by atoms with Gasteiger partial charge in [-0.05, 0) is 25.5 Å². The summed E-state index contributed by atoms with van der Waals surface area (Å²) in [6, 6.07) is 5.62. The Morgan fingerprint density at radius 3 is 3.07 bits per heavy atom. The zero-order valence-corrected chi connectivity index (χ0v) is 7.97. The first-order valence-electron chi connectivity index (χ1n) is 4.44. The summed E-state index contributed by atoms with van der Waals surface area (Å²) in [6.07, 6.45) is 2.47. The maximum absolute atomic E-state index is 10.4. The van der Waals surface area contributed by atoms with Gasteiger partial charge in [-0.15, -0.1) is 0 Å². The number of hydrogen-bond acceptors (Lipinski definition) is 2. The highest BCUT2D eigenvalue weighted by atomic mass is 16.4. The van der Waals surface area contributed by atoms with Crippen LogP contribution >= 0.6 is 0 Å². The van der Waals surface area contributed by atoms with Crippen LogP contribution in [0.15, 0.2) is 18.3 Å². The molecule has 0 amide bonds. The van der Waals surface area contributed by atoms with Crippen molar-refractivity contribution in [2.75, 3.05) is 0 Å². The van der Waals surface area contributed by atoms with Crippen LogP contribution in [0.5, 0.6) is 0 Å². The molecule has 0 aliphatic heterocycles. The second-order valence-corrected chi connectivity index (χ2v) is 3.19. The number of aliphatic carboxylic acids is 1. The summed E-state index contributed by atoms with van der Waals surface area (Å²) in [6.45, 7) is 1.91. The SMILES string of the molecule is CC(CCC(=O)O)n1cccc1C#N. The van der Waals surface area contributed by atoms with E-state index in [1.165, 1.54) is 0 Å². The average Bonchev–Trinajstić information content (AvgIpc) is 2.61. The van der Waals surface area contributed by atoms with Crippen molar-refractivity contribution in [2.24, 2.45) is 0 Å². The number of aromatic nitrogens is 1. The maximum atomic E-state index is 10.4. The topological polar surface area (TPSA) is 66.0 Å². The highest BCUT2D eigenvalue weighted by Gasteiger charge is 2.09. The Labute approximate surface area is 82.4 Å². The Balaban J connectivity index is 2.65. The molecular weight excluding hydrogens is 180 g/mol. The van der Waals surface area contributed by atoms with Crippen molar-refractivity contribution in [1.82, 2.24) is 4.57 Å². The Kier molecular flexibility index (Phi) is 3.29. The van der Waals surface area contributed by atoms with Crippen LogP contribution in [0.3, 0.4) is 0 Å². The summed E-state index contributed by atoms with van der Waals surface area (Å²) in [5, 5.41) is 17.3. The highest BCUT2D eigenvalue weighted by molar-refractivity contribution is 5.66. The molecule has 4 heteroatoms. The Morgan fingerprint density at radius 2 is 2.50 bits per heavy atom. The van der Waals surface area contributed by atoms with Crippen LogP contribution in [0.25, 0.3) is 0 Å². The number of nitriles is 1. The number of nitrogens with zero attached hydrogens (tertiary/aromatic N) is 2. The summed E-state index contributed by atoms with van der Waals surface area (Å²) in [7, 11) is 0. The van der Waals surface area contributed by atoms with Crippen molar-refractivity contribution in [3.8, 4) is 6.07 Å². The van der Waals surface area contributed by atoms with Gasteiger partial charge in [0.05, 0.1) is 0 Å². The normalized spacial score (nSPS) is 12.0. The van der Waals surface area contributed by atoms with Crippen LogP contribution in [-0.2, 0) is 4.79 Å². The molecule has 0 saturated heterocycles. The van der Waals surface area contributed by atoms with Gasteiger partial charge in [0.2, 0.25) is 0 Å². The van der Waals surface area contributed by atoms with Crippen molar-refractivity contribution in [3.63, 3.8) is 0 Å². The van der Waals surface area contributed by atoms with E-state index in [4.69, 9.17) is 10.4 Å². The van der Waals surface area contributed by atoms with E-state index in [1.54, 1.807) is 22.9 Å². The van der Waals surface area contributed by atoms with E-state index < -0.39 is 5.97 Å². The van der Waals surface area contributed by atoms with E-state index in [9.17, 15) is 4.79 Å². The summed E-state index contributed by atoms with van der Waals surface area (Å²) in [5.41, 5.74) is 0.572. The predicted molar refractivity (Wildman–Crippen MR) is 50.7 cm³/mol. The minimum atomic E-state index is -0.803. The quantitative estimate of drug-likeness (QED) is 0.790. The molecule has 74 valence electrons. The van der Waals surface area contributed by atoms with Crippen LogP contribution in [-0.4, -0.2) is 15.6 Å². The van der Waals surface area contributed by atoms with Crippen LogP contribution < -0.4 is 0 Å². The molecule has 1 aromatic rings. The molecule has 0 spiro atoms. The minimum absolute atomic E-state index is 0.0516. The number of carboxylic acids is 1. The molecule has 1 N–H and O–H groups in total. The fraction of sp³-hybridized carbons (Fsp3) is 0.400. The van der Waals surface area contributed by atoms with Crippen molar-refractivity contribution < 1.29 is 9.90 Å². The van der Waals surface area contributed by atoms with Gasteiger partial charge in [-0.1, -0.05) is 0 Å². The fourth-order valence-electron chi connectivity index (χ4n) is 1.34. The molecule has 0 bridgehead atoms. The number of hydrogen-bond donors (Lipinski definition) is 1. The number of carbonyl (C=O) groups is 1. The largest absolute Gasteiger partial charge is 0.481 e. The lowest BCUT2D eigenvalue weighted by Crippen LogP contribution is -2.08. The maximum Gasteiger partial charge on any atom is 0.303 e. The van der Waals surface area contributed by atoms with Gasteiger partial charge in [0.1, 0.15) is 11.8 Å². The molecule has 14 heavy (non-hydrogen) atoms. The molecular formula is C10H12N2O2. The van der Waals surface area contributed by atoms with Gasteiger partial charge in [0, 0.05) is 18.7 Å². The first-order chi connectivity index (χ1) is 6.65. The van der Waals surface area contributed by atoms with Crippen molar-refractivity contribution in [3.05, 3.63) is 24.0 Å². The smallest absolute Gasteiger partial charge is 0.303 e. The van der Waals surface area contributed by atoms with E-state index in [-0.39, 0.29) is 12.5 Å². The molecule has 0 saturated carbocycles. The predicted octanol–water partition coefficient (Wildman–Crippen LogP) is 1.79. The highest BCUT2D eigenvalue weighted by Crippen LogP contribution is 2.15. The summed E-state index contributed by atoms with van der Waals surface area (Å²) in [5.74, 6) is -0.803. The molecule has 1 unspecified atom stereocenters. The summed E-state index contributed by atoms with van der Waals surface area (Å²) >= 11 is 0. The van der Waals surface area contributed by atoms with Gasteiger partial charge in [0.25, 0.3) is 0 Å². The molecule has 1 aromatic heterocycles. The Bertz CT molecular complexity index is 362. The summed E-state index contributed by atoms with van der Waals surface area (Å²) in [4.78, 5) is 10.4. The Morgan fingerprint density at radius 1 is 1.79 bits per heavy atom. The molecule has 1 rings (SSSR count). The van der Waals surface area contributed by atoms with Crippen molar-refractivity contribution in [1.29, 1.82) is 5.26 Å². The third-order valence-electron chi connectivity index (χ3n) is 2.14. The van der Waals surface area contributed by atoms with E-state index in [0.717, 1.165) is 0 Å². The van der Waals surface area contributed by atoms with Crippen LogP contribution in [0.4, 0.5) is 0 Å². The van der Waals surface area contributed by atoms with Crippen LogP contribution in [0.2, 0.25) is 0 Å². The molecule has 4 nitrogen and oxygen atoms in total. The number of carboxylic acid groups (broad SMARTS) is 1. The van der Waals surface area contributed by atoms with E-state index >= 15 is 0 Å². The lowest BCUT2D eigenvalue weighted by Gasteiger charge is -2.13. The fourth-order valence-corrected chi connectivity index (χ4v) is 1.34. The molecule has 0 fully saturated rings. The molecule has 0 aliphatic carbocycles. The average molecular weight is 192 g/mol. The lowest BCUT2D eigenvalue weighted by molar-refractivity contribution is -0.137. The molecule has 1 atom stereocenters. The zero-order valence-electron chi connectivity index (χ0n) is 7.97. The van der Waals surface area contributed by atoms with E-state index in [0.29, 0.717) is 12.1 Å². The van der Waals surface area contributed by atoms with Gasteiger partial charge >= 0.3 is 5.97 Å². The van der Waals surface area contributed by atoms with Gasteiger partial charge in [-0.3, -0.25) is 4.79 Å². The van der Waals surface area contributed by atoms with Crippen molar-refractivity contribution in [2.45, 2.75) is 25.8 Å². The van der Waals surface area contributed by atoms with Gasteiger partial charge < -0.3 is 9.67 Å². The molecule has 0 aliphatic rings. The third-order valence-corrected chi connectivity index (χ3v) is 2.14. The van der Waals surface area contributed by atoms with Gasteiger partial charge in [-0.2, -0.15) is 5.26 Å². The first kappa shape index (κ1) is 10.3. The lowest BCUT2D eigenvalue weighted by atomic mass is 10.2. The van der Waals surface area contributed by atoms with Gasteiger partial charge in [-0.25, -0.2) is 0 Å². The molecule has 1 heterocycles. The zero-order chi connectivity index (χ0) is 10.6. The van der Waals surface area contributed by atoms with Crippen LogP contribution in [0.1, 0.15) is 31.5 Å². The van der Waals surface area contributed by atoms with Crippen molar-refractivity contribution >= 4 is 5.97 Å². The van der Waals surface area contributed by atoms with Crippen LogP contribution in [0, 0.1) is 11.3 Å². The van der Waals surface area contributed by atoms with Gasteiger partial charge in [0.15, 0.2) is 0 Å². The number of rotatable bonds is 4. The molecule has 0 aromatic carbocycles. The first-order valence-corrected chi connectivity index (χ1v) is 4.44. The summed E-state index contributed by atoms with van der Waals surface area (Å²) < 4.78 is 1.79.